The summed E-state index contributed by atoms with van der Waals surface area (Å²) in [6.45, 7) is 4.77. The van der Waals surface area contributed by atoms with Crippen molar-refractivity contribution in [2.75, 3.05) is 13.1 Å². The van der Waals surface area contributed by atoms with Crippen LogP contribution in [0.1, 0.15) is 87.1 Å². The van der Waals surface area contributed by atoms with Crippen LogP contribution in [0, 0.1) is 17.2 Å². The Morgan fingerprint density at radius 1 is 1.07 bits per heavy atom. The van der Waals surface area contributed by atoms with E-state index in [-0.39, 0.29) is 12.1 Å². The molecule has 1 aromatic carbocycles. The molecule has 0 atom stereocenters. The normalized spacial score (nSPS) is 23.9. The number of carbonyl (C=O) groups excluding carboxylic acids is 1. The Balaban J connectivity index is 1.37. The van der Waals surface area contributed by atoms with Crippen molar-refractivity contribution < 1.29 is 9.53 Å². The number of likely N-dealkylation sites (tertiary alicyclic amines) is 1. The number of nitrogens with zero attached hydrogens (tertiary/aromatic N) is 2. The molecule has 2 fully saturated rings. The maximum absolute atomic E-state index is 12.3. The first-order valence-corrected chi connectivity index (χ1v) is 11.1. The molecule has 3 rings (SSSR count). The van der Waals surface area contributed by atoms with E-state index in [1.165, 1.54) is 51.6 Å². The third kappa shape index (κ3) is 5.82. The highest BCUT2D eigenvalue weighted by molar-refractivity contribution is 5.89. The largest absolute Gasteiger partial charge is 0.459 e. The molecule has 0 amide bonds. The minimum atomic E-state index is -0.263. The van der Waals surface area contributed by atoms with Crippen molar-refractivity contribution in [3.05, 3.63) is 35.4 Å². The van der Waals surface area contributed by atoms with Crippen LogP contribution >= 0.6 is 0 Å². The molecule has 152 valence electrons. The van der Waals surface area contributed by atoms with E-state index in [0.29, 0.717) is 17.2 Å². The lowest BCUT2D eigenvalue weighted by molar-refractivity contribution is 0.00748. The van der Waals surface area contributed by atoms with Gasteiger partial charge in [-0.1, -0.05) is 32.6 Å². The molecule has 1 aromatic rings. The van der Waals surface area contributed by atoms with Gasteiger partial charge in [0.1, 0.15) is 6.10 Å². The van der Waals surface area contributed by atoms with Gasteiger partial charge in [0.05, 0.1) is 17.2 Å². The number of rotatable bonds is 7. The molecule has 0 spiro atoms. The Labute approximate surface area is 169 Å². The van der Waals surface area contributed by atoms with Gasteiger partial charge in [0.15, 0.2) is 0 Å². The standard InChI is InChI=1S/C24H34N2O2/c1-2-3-4-5-19-14-16-26(17-15-19)22-10-12-23(13-11-22)28-24(27)21-8-6-20(18-25)7-9-21/h6-9,19,22-23H,2-5,10-17H2,1H3. The third-order valence-corrected chi connectivity index (χ3v) is 6.55. The summed E-state index contributed by atoms with van der Waals surface area (Å²) in [6, 6.07) is 9.42. The molecule has 1 saturated heterocycles. The van der Waals surface area contributed by atoms with Crippen LogP contribution in [0.25, 0.3) is 0 Å². The average Bonchev–Trinajstić information content (AvgIpc) is 2.75. The highest BCUT2D eigenvalue weighted by Crippen LogP contribution is 2.30. The van der Waals surface area contributed by atoms with Crippen molar-refractivity contribution in [1.29, 1.82) is 5.26 Å². The molecular formula is C24H34N2O2. The summed E-state index contributed by atoms with van der Waals surface area (Å²) in [5, 5.41) is 8.85. The maximum atomic E-state index is 12.3. The molecule has 4 nitrogen and oxygen atoms in total. The van der Waals surface area contributed by atoms with Crippen LogP contribution in [0.3, 0.4) is 0 Å². The molecule has 4 heteroatoms. The van der Waals surface area contributed by atoms with Crippen LogP contribution < -0.4 is 0 Å². The van der Waals surface area contributed by atoms with Crippen LogP contribution in [0.5, 0.6) is 0 Å². The highest BCUT2D eigenvalue weighted by Gasteiger charge is 2.30. The predicted octanol–water partition coefficient (Wildman–Crippen LogP) is 5.32. The lowest BCUT2D eigenvalue weighted by Crippen LogP contribution is -2.44. The van der Waals surface area contributed by atoms with E-state index in [0.717, 1.165) is 31.6 Å². The fraction of sp³-hybridized carbons (Fsp3) is 0.667. The van der Waals surface area contributed by atoms with E-state index in [4.69, 9.17) is 10.00 Å². The van der Waals surface area contributed by atoms with Crippen molar-refractivity contribution in [2.45, 2.75) is 83.3 Å². The molecule has 1 heterocycles. The second-order valence-electron chi connectivity index (χ2n) is 8.50. The zero-order valence-corrected chi connectivity index (χ0v) is 17.2. The van der Waals surface area contributed by atoms with E-state index >= 15 is 0 Å². The Kier molecular flexibility index (Phi) is 7.91. The van der Waals surface area contributed by atoms with Gasteiger partial charge in [-0.05, 0) is 81.8 Å². The topological polar surface area (TPSA) is 53.3 Å². The van der Waals surface area contributed by atoms with E-state index in [2.05, 4.69) is 17.9 Å². The summed E-state index contributed by atoms with van der Waals surface area (Å²) in [4.78, 5) is 15.0. The zero-order chi connectivity index (χ0) is 19.8. The van der Waals surface area contributed by atoms with Crippen molar-refractivity contribution in [3.63, 3.8) is 0 Å². The fourth-order valence-electron chi connectivity index (χ4n) is 4.72. The first kappa shape index (κ1) is 20.9. The monoisotopic (exact) mass is 382 g/mol. The molecular weight excluding hydrogens is 348 g/mol. The zero-order valence-electron chi connectivity index (χ0n) is 17.2. The van der Waals surface area contributed by atoms with Gasteiger partial charge < -0.3 is 9.64 Å². The molecule has 1 aliphatic heterocycles. The van der Waals surface area contributed by atoms with Gasteiger partial charge in [-0.3, -0.25) is 0 Å². The summed E-state index contributed by atoms with van der Waals surface area (Å²) in [7, 11) is 0. The van der Waals surface area contributed by atoms with Crippen molar-refractivity contribution in [1.82, 2.24) is 4.90 Å². The Morgan fingerprint density at radius 2 is 1.75 bits per heavy atom. The number of benzene rings is 1. The number of hydrogen-bond donors (Lipinski definition) is 0. The molecule has 0 unspecified atom stereocenters. The van der Waals surface area contributed by atoms with E-state index in [1.54, 1.807) is 24.3 Å². The molecule has 28 heavy (non-hydrogen) atoms. The van der Waals surface area contributed by atoms with Gasteiger partial charge in [0, 0.05) is 6.04 Å². The van der Waals surface area contributed by atoms with Crippen molar-refractivity contribution in [3.8, 4) is 6.07 Å². The third-order valence-electron chi connectivity index (χ3n) is 6.55. The number of nitriles is 1. The van der Waals surface area contributed by atoms with E-state index < -0.39 is 0 Å². The molecule has 1 aliphatic carbocycles. The summed E-state index contributed by atoms with van der Waals surface area (Å²) < 4.78 is 5.72. The lowest BCUT2D eigenvalue weighted by atomic mass is 9.87. The maximum Gasteiger partial charge on any atom is 0.338 e. The number of piperidine rings is 1. The van der Waals surface area contributed by atoms with Crippen LogP contribution in [0.2, 0.25) is 0 Å². The SMILES string of the molecule is CCCCCC1CCN(C2CCC(OC(=O)c3ccc(C#N)cc3)CC2)CC1. The minimum absolute atomic E-state index is 0.0333. The second-order valence-corrected chi connectivity index (χ2v) is 8.50. The number of ether oxygens (including phenoxy) is 1. The van der Waals surface area contributed by atoms with Gasteiger partial charge in [-0.15, -0.1) is 0 Å². The van der Waals surface area contributed by atoms with Crippen molar-refractivity contribution in [2.24, 2.45) is 5.92 Å². The van der Waals surface area contributed by atoms with E-state index in [1.807, 2.05) is 0 Å². The van der Waals surface area contributed by atoms with Gasteiger partial charge in [0.25, 0.3) is 0 Å². The number of esters is 1. The van der Waals surface area contributed by atoms with Gasteiger partial charge in [-0.2, -0.15) is 5.26 Å². The number of unbranched alkanes of at least 4 members (excludes halogenated alkanes) is 2. The molecule has 1 saturated carbocycles. The first-order chi connectivity index (χ1) is 13.7. The van der Waals surface area contributed by atoms with Gasteiger partial charge in [0.2, 0.25) is 0 Å². The summed E-state index contributed by atoms with van der Waals surface area (Å²) >= 11 is 0. The smallest absolute Gasteiger partial charge is 0.338 e. The minimum Gasteiger partial charge on any atom is -0.459 e. The van der Waals surface area contributed by atoms with Gasteiger partial charge in [-0.25, -0.2) is 4.79 Å². The van der Waals surface area contributed by atoms with Crippen molar-refractivity contribution >= 4 is 5.97 Å². The summed E-state index contributed by atoms with van der Waals surface area (Å²) in [5.74, 6) is 0.674. The number of hydrogen-bond acceptors (Lipinski definition) is 4. The van der Waals surface area contributed by atoms with Crippen LogP contribution in [0.15, 0.2) is 24.3 Å². The van der Waals surface area contributed by atoms with Gasteiger partial charge >= 0.3 is 5.97 Å². The second kappa shape index (κ2) is 10.6. The molecule has 0 aromatic heterocycles. The van der Waals surface area contributed by atoms with Crippen LogP contribution in [-0.4, -0.2) is 36.1 Å². The molecule has 2 aliphatic rings. The summed E-state index contributed by atoms with van der Waals surface area (Å²) in [6.07, 6.45) is 12.4. The first-order valence-electron chi connectivity index (χ1n) is 11.1. The fourth-order valence-corrected chi connectivity index (χ4v) is 4.72. The van der Waals surface area contributed by atoms with Crippen LogP contribution in [-0.2, 0) is 4.74 Å². The molecule has 0 N–H and O–H groups in total. The quantitative estimate of drug-likeness (QED) is 0.473. The lowest BCUT2D eigenvalue weighted by Gasteiger charge is -2.40. The molecule has 0 bridgehead atoms. The number of carbonyl (C=O) groups is 1. The average molecular weight is 383 g/mol. The Morgan fingerprint density at radius 3 is 2.36 bits per heavy atom. The van der Waals surface area contributed by atoms with E-state index in [9.17, 15) is 4.79 Å². The van der Waals surface area contributed by atoms with Crippen LogP contribution in [0.4, 0.5) is 0 Å². The summed E-state index contributed by atoms with van der Waals surface area (Å²) in [5.41, 5.74) is 1.09. The highest BCUT2D eigenvalue weighted by atomic mass is 16.5. The Hall–Kier alpha value is -1.86. The Bertz CT molecular complexity index is 648. The molecule has 0 radical (unpaired) electrons. The predicted molar refractivity (Wildman–Crippen MR) is 111 cm³/mol.